The fraction of sp³-hybridized carbons (Fsp3) is 0.421. The monoisotopic (exact) mass is 329 g/mol. The topological polar surface area (TPSA) is 28.5 Å². The van der Waals surface area contributed by atoms with Crippen LogP contribution in [-0.4, -0.2) is 33.5 Å². The number of nitrogens with zero attached hydrogens (tertiary/aromatic N) is 3. The zero-order valence-electron chi connectivity index (χ0n) is 14.3. The van der Waals surface area contributed by atoms with Crippen molar-refractivity contribution < 1.29 is 9.18 Å². The molecule has 0 radical (unpaired) electrons. The summed E-state index contributed by atoms with van der Waals surface area (Å²) in [6.07, 6.45) is 0.899. The van der Waals surface area contributed by atoms with Crippen molar-refractivity contribution in [3.63, 3.8) is 0 Å². The standard InChI is InChI=1S/C19H24FN3O/c1-3-10-21(13-16-5-7-17(20)8-6-16)19(24)22-11-12-23-15(2)4-9-18(23)14-22/h4-9H,3,10-14H2,1-2H3. The van der Waals surface area contributed by atoms with Crippen LogP contribution in [-0.2, 0) is 19.6 Å². The summed E-state index contributed by atoms with van der Waals surface area (Å²) in [6.45, 7) is 7.60. The van der Waals surface area contributed by atoms with E-state index in [0.29, 0.717) is 19.6 Å². The fourth-order valence-corrected chi connectivity index (χ4v) is 3.26. The van der Waals surface area contributed by atoms with Crippen LogP contribution < -0.4 is 0 Å². The van der Waals surface area contributed by atoms with E-state index in [1.807, 2.05) is 9.80 Å². The SMILES string of the molecule is CCCN(Cc1ccc(F)cc1)C(=O)N1CCn2c(C)ccc2C1. The molecule has 2 aromatic rings. The van der Waals surface area contributed by atoms with E-state index >= 15 is 0 Å². The van der Waals surface area contributed by atoms with Gasteiger partial charge in [0.15, 0.2) is 0 Å². The zero-order chi connectivity index (χ0) is 17.1. The normalized spacial score (nSPS) is 13.7. The molecule has 0 fully saturated rings. The number of hydrogen-bond acceptors (Lipinski definition) is 1. The summed E-state index contributed by atoms with van der Waals surface area (Å²) in [5.74, 6) is -0.251. The number of aromatic nitrogens is 1. The molecule has 5 heteroatoms. The molecule has 1 aliphatic rings. The molecule has 1 aromatic carbocycles. The quantitative estimate of drug-likeness (QED) is 0.839. The summed E-state index contributed by atoms with van der Waals surface area (Å²) in [5.41, 5.74) is 3.38. The third-order valence-electron chi connectivity index (χ3n) is 4.56. The predicted octanol–water partition coefficient (Wildman–Crippen LogP) is 3.78. The van der Waals surface area contributed by atoms with E-state index in [9.17, 15) is 9.18 Å². The Labute approximate surface area is 142 Å². The lowest BCUT2D eigenvalue weighted by Crippen LogP contribution is -2.46. The number of halogens is 1. The van der Waals surface area contributed by atoms with Crippen LogP contribution >= 0.6 is 0 Å². The van der Waals surface area contributed by atoms with Crippen LogP contribution in [0.25, 0.3) is 0 Å². The molecule has 0 atom stereocenters. The van der Waals surface area contributed by atoms with E-state index in [0.717, 1.165) is 25.1 Å². The van der Waals surface area contributed by atoms with E-state index in [1.165, 1.54) is 23.5 Å². The van der Waals surface area contributed by atoms with Gasteiger partial charge < -0.3 is 14.4 Å². The second-order valence-corrected chi connectivity index (χ2v) is 6.37. The highest BCUT2D eigenvalue weighted by molar-refractivity contribution is 5.74. The maximum atomic E-state index is 13.1. The first kappa shape index (κ1) is 16.6. The third kappa shape index (κ3) is 3.45. The average molecular weight is 329 g/mol. The summed E-state index contributed by atoms with van der Waals surface area (Å²) < 4.78 is 15.3. The van der Waals surface area contributed by atoms with E-state index in [-0.39, 0.29) is 11.8 Å². The van der Waals surface area contributed by atoms with Gasteiger partial charge in [-0.25, -0.2) is 9.18 Å². The number of rotatable bonds is 4. The molecule has 1 aliphatic heterocycles. The summed E-state index contributed by atoms with van der Waals surface area (Å²) in [7, 11) is 0. The van der Waals surface area contributed by atoms with Crippen LogP contribution in [0.2, 0.25) is 0 Å². The Kier molecular flexibility index (Phi) is 4.88. The van der Waals surface area contributed by atoms with Crippen LogP contribution in [0.15, 0.2) is 36.4 Å². The smallest absolute Gasteiger partial charge is 0.320 e. The van der Waals surface area contributed by atoms with Crippen molar-refractivity contribution in [2.45, 2.75) is 39.9 Å². The fourth-order valence-electron chi connectivity index (χ4n) is 3.26. The zero-order valence-corrected chi connectivity index (χ0v) is 14.3. The van der Waals surface area contributed by atoms with Gasteiger partial charge in [-0.1, -0.05) is 19.1 Å². The highest BCUT2D eigenvalue weighted by Crippen LogP contribution is 2.19. The van der Waals surface area contributed by atoms with Gasteiger partial charge in [-0.3, -0.25) is 0 Å². The van der Waals surface area contributed by atoms with Gasteiger partial charge in [0.25, 0.3) is 0 Å². The average Bonchev–Trinajstić information content (AvgIpc) is 2.96. The molecule has 2 heterocycles. The van der Waals surface area contributed by atoms with E-state index in [2.05, 4.69) is 30.5 Å². The summed E-state index contributed by atoms with van der Waals surface area (Å²) in [5, 5.41) is 0. The number of carbonyl (C=O) groups excluding carboxylic acids is 1. The molecule has 0 saturated heterocycles. The van der Waals surface area contributed by atoms with Crippen molar-refractivity contribution >= 4 is 6.03 Å². The second kappa shape index (κ2) is 7.07. The molecular formula is C19H24FN3O. The largest absolute Gasteiger partial charge is 0.345 e. The van der Waals surface area contributed by atoms with Gasteiger partial charge in [-0.05, 0) is 43.2 Å². The maximum absolute atomic E-state index is 13.1. The van der Waals surface area contributed by atoms with Gasteiger partial charge in [0.05, 0.1) is 6.54 Å². The number of aryl methyl sites for hydroxylation is 1. The molecular weight excluding hydrogens is 305 g/mol. The third-order valence-corrected chi connectivity index (χ3v) is 4.56. The summed E-state index contributed by atoms with van der Waals surface area (Å²) in [4.78, 5) is 16.7. The van der Waals surface area contributed by atoms with Gasteiger partial charge in [-0.2, -0.15) is 0 Å². The first-order valence-corrected chi connectivity index (χ1v) is 8.51. The van der Waals surface area contributed by atoms with Crippen molar-refractivity contribution in [1.29, 1.82) is 0 Å². The maximum Gasteiger partial charge on any atom is 0.320 e. The molecule has 24 heavy (non-hydrogen) atoms. The number of amides is 2. The Bertz CT molecular complexity index is 708. The van der Waals surface area contributed by atoms with E-state index < -0.39 is 0 Å². The van der Waals surface area contributed by atoms with Crippen LogP contribution in [0.3, 0.4) is 0 Å². The lowest BCUT2D eigenvalue weighted by molar-refractivity contribution is 0.138. The Hall–Kier alpha value is -2.30. The summed E-state index contributed by atoms with van der Waals surface area (Å²) >= 11 is 0. The lowest BCUT2D eigenvalue weighted by atomic mass is 10.2. The molecule has 128 valence electrons. The van der Waals surface area contributed by atoms with Crippen LogP contribution in [0.4, 0.5) is 9.18 Å². The molecule has 0 N–H and O–H groups in total. The predicted molar refractivity (Wildman–Crippen MR) is 92.1 cm³/mol. The Morgan fingerprint density at radius 2 is 1.92 bits per heavy atom. The van der Waals surface area contributed by atoms with Gasteiger partial charge in [0, 0.05) is 37.6 Å². The molecule has 0 unspecified atom stereocenters. The number of hydrogen-bond donors (Lipinski definition) is 0. The molecule has 0 bridgehead atoms. The lowest BCUT2D eigenvalue weighted by Gasteiger charge is -2.34. The molecule has 0 saturated carbocycles. The van der Waals surface area contributed by atoms with Gasteiger partial charge in [0.1, 0.15) is 5.82 Å². The van der Waals surface area contributed by atoms with Crippen molar-refractivity contribution in [3.05, 3.63) is 59.2 Å². The highest BCUT2D eigenvalue weighted by Gasteiger charge is 2.25. The number of urea groups is 1. The number of carbonyl (C=O) groups is 1. The van der Waals surface area contributed by atoms with Gasteiger partial charge >= 0.3 is 6.03 Å². The number of benzene rings is 1. The second-order valence-electron chi connectivity index (χ2n) is 6.37. The van der Waals surface area contributed by atoms with E-state index in [4.69, 9.17) is 0 Å². The molecule has 3 rings (SSSR count). The highest BCUT2D eigenvalue weighted by atomic mass is 19.1. The Balaban J connectivity index is 1.71. The summed E-state index contributed by atoms with van der Waals surface area (Å²) in [6, 6.07) is 10.6. The molecule has 0 aliphatic carbocycles. The minimum absolute atomic E-state index is 0.0614. The van der Waals surface area contributed by atoms with Crippen molar-refractivity contribution in [2.75, 3.05) is 13.1 Å². The molecule has 4 nitrogen and oxygen atoms in total. The molecule has 0 spiro atoms. The minimum Gasteiger partial charge on any atom is -0.345 e. The Morgan fingerprint density at radius 3 is 2.62 bits per heavy atom. The van der Waals surface area contributed by atoms with E-state index in [1.54, 1.807) is 12.1 Å². The van der Waals surface area contributed by atoms with Crippen molar-refractivity contribution in [3.8, 4) is 0 Å². The Morgan fingerprint density at radius 1 is 1.17 bits per heavy atom. The van der Waals surface area contributed by atoms with Gasteiger partial charge in [0.2, 0.25) is 0 Å². The van der Waals surface area contributed by atoms with Crippen LogP contribution in [0.5, 0.6) is 0 Å². The van der Waals surface area contributed by atoms with Crippen LogP contribution in [0.1, 0.15) is 30.3 Å². The molecule has 2 amide bonds. The molecule has 1 aromatic heterocycles. The van der Waals surface area contributed by atoms with Crippen molar-refractivity contribution in [2.24, 2.45) is 0 Å². The minimum atomic E-state index is -0.251. The van der Waals surface area contributed by atoms with Crippen LogP contribution in [0, 0.1) is 12.7 Å². The number of fused-ring (bicyclic) bond motifs is 1. The first-order valence-electron chi connectivity index (χ1n) is 8.51. The first-order chi connectivity index (χ1) is 11.6. The van der Waals surface area contributed by atoms with Gasteiger partial charge in [-0.15, -0.1) is 0 Å². The van der Waals surface area contributed by atoms with Crippen molar-refractivity contribution in [1.82, 2.24) is 14.4 Å².